The van der Waals surface area contributed by atoms with E-state index in [1.165, 1.54) is 0 Å². The molecule has 17 heavy (non-hydrogen) atoms. The van der Waals surface area contributed by atoms with Gasteiger partial charge < -0.3 is 9.88 Å². The van der Waals surface area contributed by atoms with Gasteiger partial charge in [0, 0.05) is 25.0 Å². The number of anilines is 1. The maximum atomic E-state index is 4.43. The summed E-state index contributed by atoms with van der Waals surface area (Å²) in [6.07, 6.45) is 4.00. The Balaban J connectivity index is 2.16. The molecule has 3 nitrogen and oxygen atoms in total. The number of hydrogen-bond acceptors (Lipinski definition) is 2. The van der Waals surface area contributed by atoms with Gasteiger partial charge in [0.2, 0.25) is 5.95 Å². The zero-order valence-electron chi connectivity index (χ0n) is 11.9. The number of imidazole rings is 1. The van der Waals surface area contributed by atoms with Crippen molar-refractivity contribution in [3.8, 4) is 0 Å². The largest absolute Gasteiger partial charge is 0.355 e. The third-order valence-electron chi connectivity index (χ3n) is 4.56. The molecule has 0 unspecified atom stereocenters. The molecule has 1 aromatic rings. The molecule has 3 heteroatoms. The summed E-state index contributed by atoms with van der Waals surface area (Å²) in [5.41, 5.74) is 0.698. The van der Waals surface area contributed by atoms with Gasteiger partial charge in [0.25, 0.3) is 0 Å². The lowest BCUT2D eigenvalue weighted by Crippen LogP contribution is -2.13. The van der Waals surface area contributed by atoms with Crippen LogP contribution in [0.5, 0.6) is 0 Å². The van der Waals surface area contributed by atoms with Crippen molar-refractivity contribution in [1.29, 1.82) is 0 Å². The fourth-order valence-electron chi connectivity index (χ4n) is 2.81. The zero-order chi connectivity index (χ0) is 12.8. The molecule has 1 aliphatic carbocycles. The Morgan fingerprint density at radius 2 is 1.88 bits per heavy atom. The van der Waals surface area contributed by atoms with Crippen LogP contribution in [0.1, 0.15) is 47.6 Å². The van der Waals surface area contributed by atoms with Crippen LogP contribution in [0.15, 0.2) is 12.4 Å². The number of nitrogens with one attached hydrogen (secondary N) is 1. The van der Waals surface area contributed by atoms with Crippen molar-refractivity contribution in [3.05, 3.63) is 12.4 Å². The molecule has 0 amide bonds. The molecule has 0 aromatic carbocycles. The minimum absolute atomic E-state index is 0.349. The second-order valence-electron chi connectivity index (χ2n) is 6.78. The first-order valence-electron chi connectivity index (χ1n) is 6.55. The Labute approximate surface area is 105 Å². The van der Waals surface area contributed by atoms with Gasteiger partial charge in [-0.2, -0.15) is 0 Å². The lowest BCUT2D eigenvalue weighted by Gasteiger charge is -2.12. The van der Waals surface area contributed by atoms with Gasteiger partial charge in [0.15, 0.2) is 0 Å². The van der Waals surface area contributed by atoms with Crippen LogP contribution in [0, 0.1) is 16.7 Å². The SMILES string of the molecule is CC(C)CNc1nccn1C1C(C)(C)C1(C)C. The van der Waals surface area contributed by atoms with E-state index in [2.05, 4.69) is 62.6 Å². The first kappa shape index (κ1) is 12.5. The molecule has 1 N–H and O–H groups in total. The van der Waals surface area contributed by atoms with Gasteiger partial charge in [-0.3, -0.25) is 0 Å². The van der Waals surface area contributed by atoms with E-state index in [1.54, 1.807) is 0 Å². The van der Waals surface area contributed by atoms with Crippen molar-refractivity contribution in [2.75, 3.05) is 11.9 Å². The molecule has 96 valence electrons. The summed E-state index contributed by atoms with van der Waals surface area (Å²) >= 11 is 0. The molecular formula is C14H25N3. The standard InChI is InChI=1S/C14H25N3/c1-10(2)9-16-12-15-7-8-17(12)11-13(3,4)14(11,5)6/h7-8,10-11H,9H2,1-6H3,(H,15,16). The molecular weight excluding hydrogens is 210 g/mol. The maximum absolute atomic E-state index is 4.43. The zero-order valence-corrected chi connectivity index (χ0v) is 11.9. The van der Waals surface area contributed by atoms with Crippen molar-refractivity contribution in [2.45, 2.75) is 47.6 Å². The van der Waals surface area contributed by atoms with Crippen LogP contribution in [0.4, 0.5) is 5.95 Å². The van der Waals surface area contributed by atoms with E-state index in [1.807, 2.05) is 6.20 Å². The number of aromatic nitrogens is 2. The Hall–Kier alpha value is -0.990. The maximum Gasteiger partial charge on any atom is 0.203 e. The van der Waals surface area contributed by atoms with Crippen LogP contribution in [0.2, 0.25) is 0 Å². The minimum Gasteiger partial charge on any atom is -0.355 e. The van der Waals surface area contributed by atoms with Gasteiger partial charge in [-0.05, 0) is 16.7 Å². The van der Waals surface area contributed by atoms with E-state index >= 15 is 0 Å². The molecule has 0 spiro atoms. The molecule has 1 fully saturated rings. The average molecular weight is 235 g/mol. The van der Waals surface area contributed by atoms with Crippen LogP contribution in [0.25, 0.3) is 0 Å². The second-order valence-corrected chi connectivity index (χ2v) is 6.78. The van der Waals surface area contributed by atoms with Gasteiger partial charge in [-0.1, -0.05) is 41.5 Å². The third kappa shape index (κ3) is 1.85. The first-order chi connectivity index (χ1) is 7.78. The fraction of sp³-hybridized carbons (Fsp3) is 0.786. The van der Waals surface area contributed by atoms with Crippen LogP contribution in [-0.2, 0) is 0 Å². The Morgan fingerprint density at radius 1 is 1.29 bits per heavy atom. The van der Waals surface area contributed by atoms with Crippen molar-refractivity contribution < 1.29 is 0 Å². The number of hydrogen-bond donors (Lipinski definition) is 1. The first-order valence-corrected chi connectivity index (χ1v) is 6.55. The summed E-state index contributed by atoms with van der Waals surface area (Å²) in [4.78, 5) is 4.43. The topological polar surface area (TPSA) is 29.9 Å². The second kappa shape index (κ2) is 3.76. The quantitative estimate of drug-likeness (QED) is 0.864. The highest BCUT2D eigenvalue weighted by molar-refractivity contribution is 5.32. The van der Waals surface area contributed by atoms with Crippen molar-refractivity contribution in [1.82, 2.24) is 9.55 Å². The smallest absolute Gasteiger partial charge is 0.203 e. The summed E-state index contributed by atoms with van der Waals surface area (Å²) in [6, 6.07) is 0.548. The Kier molecular flexibility index (Phi) is 2.75. The van der Waals surface area contributed by atoms with Crippen molar-refractivity contribution in [2.24, 2.45) is 16.7 Å². The molecule has 0 atom stereocenters. The van der Waals surface area contributed by atoms with Crippen LogP contribution in [-0.4, -0.2) is 16.1 Å². The van der Waals surface area contributed by atoms with E-state index in [-0.39, 0.29) is 0 Å². The van der Waals surface area contributed by atoms with E-state index in [4.69, 9.17) is 0 Å². The highest BCUT2D eigenvalue weighted by atomic mass is 15.3. The molecule has 1 aromatic heterocycles. The van der Waals surface area contributed by atoms with E-state index < -0.39 is 0 Å². The van der Waals surface area contributed by atoms with Gasteiger partial charge in [0.05, 0.1) is 0 Å². The van der Waals surface area contributed by atoms with E-state index in [0.717, 1.165) is 12.5 Å². The number of rotatable bonds is 4. The lowest BCUT2D eigenvalue weighted by molar-refractivity contribution is 0.457. The van der Waals surface area contributed by atoms with Crippen LogP contribution < -0.4 is 5.32 Å². The molecule has 0 radical (unpaired) electrons. The Bertz CT molecular complexity index is 387. The summed E-state index contributed by atoms with van der Waals surface area (Å²) in [5, 5.41) is 3.44. The molecule has 1 saturated carbocycles. The van der Waals surface area contributed by atoms with Crippen LogP contribution >= 0.6 is 0 Å². The minimum atomic E-state index is 0.349. The Morgan fingerprint density at radius 3 is 2.35 bits per heavy atom. The molecule has 0 bridgehead atoms. The highest BCUT2D eigenvalue weighted by Gasteiger charge is 2.66. The third-order valence-corrected chi connectivity index (χ3v) is 4.56. The van der Waals surface area contributed by atoms with Gasteiger partial charge in [-0.25, -0.2) is 4.98 Å². The average Bonchev–Trinajstić information content (AvgIpc) is 2.54. The summed E-state index contributed by atoms with van der Waals surface area (Å²) in [5.74, 6) is 1.66. The predicted octanol–water partition coefficient (Wildman–Crippen LogP) is 3.56. The van der Waals surface area contributed by atoms with Crippen molar-refractivity contribution >= 4 is 5.95 Å². The van der Waals surface area contributed by atoms with Gasteiger partial charge >= 0.3 is 0 Å². The highest BCUT2D eigenvalue weighted by Crippen LogP contribution is 2.71. The van der Waals surface area contributed by atoms with Gasteiger partial charge in [-0.15, -0.1) is 0 Å². The lowest BCUT2D eigenvalue weighted by atomic mass is 10.0. The summed E-state index contributed by atoms with van der Waals surface area (Å²) in [7, 11) is 0. The van der Waals surface area contributed by atoms with Crippen molar-refractivity contribution in [3.63, 3.8) is 0 Å². The summed E-state index contributed by atoms with van der Waals surface area (Å²) < 4.78 is 2.31. The predicted molar refractivity (Wildman–Crippen MR) is 72.2 cm³/mol. The molecule has 1 aliphatic rings. The summed E-state index contributed by atoms with van der Waals surface area (Å²) in [6.45, 7) is 14.8. The fourth-order valence-corrected chi connectivity index (χ4v) is 2.81. The molecule has 2 rings (SSSR count). The van der Waals surface area contributed by atoms with E-state index in [9.17, 15) is 0 Å². The normalized spacial score (nSPS) is 21.8. The monoisotopic (exact) mass is 235 g/mol. The number of nitrogens with zero attached hydrogens (tertiary/aromatic N) is 2. The van der Waals surface area contributed by atoms with Crippen LogP contribution in [0.3, 0.4) is 0 Å². The molecule has 1 heterocycles. The van der Waals surface area contributed by atoms with Gasteiger partial charge in [0.1, 0.15) is 0 Å². The molecule has 0 aliphatic heterocycles. The van der Waals surface area contributed by atoms with E-state index in [0.29, 0.717) is 22.8 Å². The molecule has 0 saturated heterocycles.